The van der Waals surface area contributed by atoms with Crippen molar-refractivity contribution in [3.8, 4) is 0 Å². The van der Waals surface area contributed by atoms with Crippen LogP contribution in [0.1, 0.15) is 21.5 Å². The van der Waals surface area contributed by atoms with E-state index in [1.807, 2.05) is 30.3 Å². The fraction of sp³-hybridized carbons (Fsp3) is 0.273. The maximum atomic E-state index is 12.9. The zero-order valence-electron chi connectivity index (χ0n) is 15.1. The average Bonchev–Trinajstić information content (AvgIpc) is 3.14. The molecule has 0 unspecified atom stereocenters. The normalized spacial score (nSPS) is 15.9. The summed E-state index contributed by atoms with van der Waals surface area (Å²) in [5.74, 6) is 0.827. The predicted octanol–water partition coefficient (Wildman–Crippen LogP) is 3.42. The zero-order chi connectivity index (χ0) is 18.2. The van der Waals surface area contributed by atoms with Crippen LogP contribution in [0.4, 0.5) is 11.5 Å². The number of carbonyl (C=O) groups is 1. The highest BCUT2D eigenvalue weighted by atomic mass is 16.5. The third-order valence-corrected chi connectivity index (χ3v) is 5.46. The van der Waals surface area contributed by atoms with Crippen molar-refractivity contribution >= 4 is 28.2 Å². The predicted molar refractivity (Wildman–Crippen MR) is 107 cm³/mol. The first-order chi connectivity index (χ1) is 13.3. The molecule has 1 fully saturated rings. The highest BCUT2D eigenvalue weighted by Gasteiger charge is 2.19. The number of anilines is 2. The molecule has 136 valence electrons. The Bertz CT molecular complexity index is 998. The number of hydrogen-bond acceptors (Lipinski definition) is 4. The van der Waals surface area contributed by atoms with Crippen molar-refractivity contribution in [2.24, 2.45) is 0 Å². The third-order valence-electron chi connectivity index (χ3n) is 5.46. The number of aryl methyl sites for hydroxylation is 2. The van der Waals surface area contributed by atoms with E-state index in [2.05, 4.69) is 27.3 Å². The van der Waals surface area contributed by atoms with E-state index >= 15 is 0 Å². The number of benzene rings is 2. The number of amides is 1. The van der Waals surface area contributed by atoms with Crippen molar-refractivity contribution in [3.63, 3.8) is 0 Å². The van der Waals surface area contributed by atoms with Gasteiger partial charge in [0.1, 0.15) is 5.82 Å². The first-order valence-corrected chi connectivity index (χ1v) is 9.43. The van der Waals surface area contributed by atoms with Gasteiger partial charge >= 0.3 is 0 Å². The van der Waals surface area contributed by atoms with Crippen molar-refractivity contribution in [2.45, 2.75) is 12.8 Å². The number of nitrogens with one attached hydrogen (secondary N) is 1. The fourth-order valence-corrected chi connectivity index (χ4v) is 4.08. The molecule has 1 aliphatic carbocycles. The molecule has 1 aromatic heterocycles. The minimum Gasteiger partial charge on any atom is -0.378 e. The van der Waals surface area contributed by atoms with E-state index < -0.39 is 0 Å². The van der Waals surface area contributed by atoms with E-state index in [0.717, 1.165) is 55.9 Å². The lowest BCUT2D eigenvalue weighted by Gasteiger charge is -2.27. The minimum atomic E-state index is -0.0912. The van der Waals surface area contributed by atoms with Gasteiger partial charge < -0.3 is 15.0 Å². The number of morpholine rings is 1. The number of hydrogen-bond donors (Lipinski definition) is 1. The second-order valence-electron chi connectivity index (χ2n) is 7.07. The number of pyridine rings is 1. The molecule has 5 rings (SSSR count). The Balaban J connectivity index is 1.39. The van der Waals surface area contributed by atoms with Gasteiger partial charge in [-0.15, -0.1) is 0 Å². The lowest BCUT2D eigenvalue weighted by atomic mass is 9.99. The lowest BCUT2D eigenvalue weighted by Crippen LogP contribution is -2.36. The standard InChI is InChI=1S/C22H21N3O2/c26-22(19-8-6-16-5-4-15-2-1-3-18(19)21(15)16)24-17-7-9-20(23-14-17)25-10-12-27-13-11-25/h1-3,6-9,14H,4-5,10-13H2,(H,24,26). The summed E-state index contributed by atoms with van der Waals surface area (Å²) in [6.07, 6.45) is 3.85. The molecule has 5 heteroatoms. The summed E-state index contributed by atoms with van der Waals surface area (Å²) < 4.78 is 5.38. The number of rotatable bonds is 3. The fourth-order valence-electron chi connectivity index (χ4n) is 4.08. The van der Waals surface area contributed by atoms with Crippen molar-refractivity contribution < 1.29 is 9.53 Å². The Hall–Kier alpha value is -2.92. The van der Waals surface area contributed by atoms with Crippen LogP contribution in [0.25, 0.3) is 10.8 Å². The molecule has 0 radical (unpaired) electrons. The Morgan fingerprint density at radius 1 is 1.00 bits per heavy atom. The van der Waals surface area contributed by atoms with Crippen molar-refractivity contribution in [2.75, 3.05) is 36.5 Å². The number of nitrogens with zero attached hydrogens (tertiary/aromatic N) is 2. The van der Waals surface area contributed by atoms with Crippen LogP contribution in [0.3, 0.4) is 0 Å². The van der Waals surface area contributed by atoms with Gasteiger partial charge in [0.05, 0.1) is 25.1 Å². The third kappa shape index (κ3) is 2.94. The summed E-state index contributed by atoms with van der Waals surface area (Å²) >= 11 is 0. The Morgan fingerprint density at radius 2 is 1.81 bits per heavy atom. The van der Waals surface area contributed by atoms with Gasteiger partial charge in [-0.25, -0.2) is 4.98 Å². The van der Waals surface area contributed by atoms with Gasteiger partial charge in [0.25, 0.3) is 5.91 Å². The SMILES string of the molecule is O=C(Nc1ccc(N2CCOCC2)nc1)c1ccc2c3c(cccc13)CC2. The van der Waals surface area contributed by atoms with Crippen LogP contribution in [0, 0.1) is 0 Å². The van der Waals surface area contributed by atoms with Crippen LogP contribution in [0.15, 0.2) is 48.7 Å². The van der Waals surface area contributed by atoms with E-state index in [1.165, 1.54) is 16.5 Å². The second-order valence-corrected chi connectivity index (χ2v) is 7.07. The molecule has 1 aliphatic heterocycles. The Labute approximate surface area is 158 Å². The van der Waals surface area contributed by atoms with Gasteiger partial charge in [-0.05, 0) is 52.9 Å². The van der Waals surface area contributed by atoms with Gasteiger partial charge in [-0.3, -0.25) is 4.79 Å². The molecule has 2 heterocycles. The molecular formula is C22H21N3O2. The topological polar surface area (TPSA) is 54.5 Å². The van der Waals surface area contributed by atoms with Crippen molar-refractivity contribution in [3.05, 3.63) is 65.4 Å². The monoisotopic (exact) mass is 359 g/mol. The highest BCUT2D eigenvalue weighted by Crippen LogP contribution is 2.33. The first kappa shape index (κ1) is 16.3. The van der Waals surface area contributed by atoms with Crippen LogP contribution in [-0.4, -0.2) is 37.2 Å². The smallest absolute Gasteiger partial charge is 0.256 e. The quantitative estimate of drug-likeness (QED) is 0.779. The molecular weight excluding hydrogens is 338 g/mol. The van der Waals surface area contributed by atoms with Crippen LogP contribution < -0.4 is 10.2 Å². The van der Waals surface area contributed by atoms with E-state index in [1.54, 1.807) is 6.20 Å². The largest absolute Gasteiger partial charge is 0.378 e. The van der Waals surface area contributed by atoms with Crippen LogP contribution >= 0.6 is 0 Å². The van der Waals surface area contributed by atoms with Gasteiger partial charge in [-0.1, -0.05) is 24.3 Å². The number of ether oxygens (including phenoxy) is 1. The zero-order valence-corrected chi connectivity index (χ0v) is 15.1. The molecule has 1 N–H and O–H groups in total. The van der Waals surface area contributed by atoms with Crippen LogP contribution in [0.2, 0.25) is 0 Å². The molecule has 1 amide bonds. The molecule has 27 heavy (non-hydrogen) atoms. The number of aromatic nitrogens is 1. The summed E-state index contributed by atoms with van der Waals surface area (Å²) in [7, 11) is 0. The molecule has 2 aromatic carbocycles. The number of carbonyl (C=O) groups excluding carboxylic acids is 1. The second kappa shape index (κ2) is 6.67. The first-order valence-electron chi connectivity index (χ1n) is 9.43. The minimum absolute atomic E-state index is 0.0912. The molecule has 5 nitrogen and oxygen atoms in total. The van der Waals surface area contributed by atoms with E-state index in [0.29, 0.717) is 5.69 Å². The van der Waals surface area contributed by atoms with Crippen LogP contribution in [-0.2, 0) is 17.6 Å². The molecule has 1 saturated heterocycles. The van der Waals surface area contributed by atoms with Gasteiger partial charge in [0.2, 0.25) is 0 Å². The summed E-state index contributed by atoms with van der Waals surface area (Å²) in [5.41, 5.74) is 4.11. The van der Waals surface area contributed by atoms with E-state index in [-0.39, 0.29) is 5.91 Å². The maximum Gasteiger partial charge on any atom is 0.256 e. The van der Waals surface area contributed by atoms with Crippen LogP contribution in [0.5, 0.6) is 0 Å². The average molecular weight is 359 g/mol. The Kier molecular flexibility index (Phi) is 4.02. The van der Waals surface area contributed by atoms with Gasteiger partial charge in [-0.2, -0.15) is 0 Å². The molecule has 2 aliphatic rings. The Morgan fingerprint density at radius 3 is 2.59 bits per heavy atom. The summed E-state index contributed by atoms with van der Waals surface area (Å²) in [5, 5.41) is 5.29. The molecule has 0 spiro atoms. The highest BCUT2D eigenvalue weighted by molar-refractivity contribution is 6.14. The van der Waals surface area contributed by atoms with E-state index in [9.17, 15) is 4.79 Å². The van der Waals surface area contributed by atoms with Gasteiger partial charge in [0, 0.05) is 18.7 Å². The molecule has 0 saturated carbocycles. The van der Waals surface area contributed by atoms with Crippen molar-refractivity contribution in [1.29, 1.82) is 0 Å². The van der Waals surface area contributed by atoms with Crippen molar-refractivity contribution in [1.82, 2.24) is 4.98 Å². The molecule has 0 bridgehead atoms. The summed E-state index contributed by atoms with van der Waals surface area (Å²) in [4.78, 5) is 19.6. The van der Waals surface area contributed by atoms with Gasteiger partial charge in [0.15, 0.2) is 0 Å². The lowest BCUT2D eigenvalue weighted by molar-refractivity contribution is 0.102. The molecule has 3 aromatic rings. The summed E-state index contributed by atoms with van der Waals surface area (Å²) in [6, 6.07) is 14.1. The van der Waals surface area contributed by atoms with E-state index in [4.69, 9.17) is 4.74 Å². The maximum absolute atomic E-state index is 12.9. The summed E-state index contributed by atoms with van der Waals surface area (Å²) in [6.45, 7) is 3.15. The molecule has 0 atom stereocenters.